The van der Waals surface area contributed by atoms with Gasteiger partial charge in [0.05, 0.1) is 12.8 Å². The van der Waals surface area contributed by atoms with Crippen LogP contribution in [0, 0.1) is 0 Å². The molecule has 0 fully saturated rings. The van der Waals surface area contributed by atoms with Crippen molar-refractivity contribution >= 4 is 34.5 Å². The average Bonchev–Trinajstić information content (AvgIpc) is 2.99. The normalized spacial score (nSPS) is 21.5. The Kier molecular flexibility index (Phi) is 4.63. The molecule has 0 N–H and O–H groups in total. The molecule has 26 heavy (non-hydrogen) atoms. The molecule has 10 heteroatoms. The van der Waals surface area contributed by atoms with Crippen molar-refractivity contribution in [1.29, 1.82) is 0 Å². The number of fused-ring (bicyclic) bond motifs is 3. The van der Waals surface area contributed by atoms with E-state index in [-0.39, 0.29) is 11.1 Å². The van der Waals surface area contributed by atoms with Crippen LogP contribution in [-0.4, -0.2) is 54.0 Å². The Morgan fingerprint density at radius 2 is 1.92 bits per heavy atom. The van der Waals surface area contributed by atoms with E-state index in [0.717, 1.165) is 23.8 Å². The molecule has 1 atom stereocenters. The topological polar surface area (TPSA) is 57.5 Å². The molecule has 6 nitrogen and oxygen atoms in total. The highest BCUT2D eigenvalue weighted by Gasteiger charge is 2.65. The fourth-order valence-corrected chi connectivity index (χ4v) is 3.85. The molecule has 0 aliphatic carbocycles. The minimum Gasteiger partial charge on any atom is -0.465 e. The van der Waals surface area contributed by atoms with E-state index in [4.69, 9.17) is 0 Å². The third-order valence-electron chi connectivity index (χ3n) is 4.13. The highest BCUT2D eigenvalue weighted by Crippen LogP contribution is 2.47. The first kappa shape index (κ1) is 18.6. The van der Waals surface area contributed by atoms with Gasteiger partial charge >= 0.3 is 17.8 Å². The predicted molar refractivity (Wildman–Crippen MR) is 93.4 cm³/mol. The Balaban J connectivity index is 2.26. The van der Waals surface area contributed by atoms with Crippen LogP contribution in [0.4, 0.5) is 18.9 Å². The summed E-state index contributed by atoms with van der Waals surface area (Å²) in [5, 5.41) is 0.0471. The molecule has 2 aliphatic rings. The van der Waals surface area contributed by atoms with Gasteiger partial charge in [0, 0.05) is 18.0 Å². The Hall–Kier alpha value is -2.23. The summed E-state index contributed by atoms with van der Waals surface area (Å²) in [7, 11) is 0.894. The molecule has 0 radical (unpaired) electrons. The molecule has 0 unspecified atom stereocenters. The van der Waals surface area contributed by atoms with Crippen LogP contribution in [0.2, 0.25) is 0 Å². The van der Waals surface area contributed by atoms with E-state index in [1.54, 1.807) is 47.9 Å². The lowest BCUT2D eigenvalue weighted by atomic mass is 10.1. The molecule has 2 aliphatic heterocycles. The van der Waals surface area contributed by atoms with Gasteiger partial charge in [0.1, 0.15) is 0 Å². The van der Waals surface area contributed by atoms with Gasteiger partial charge in [-0.3, -0.25) is 4.90 Å². The monoisotopic (exact) mass is 386 g/mol. The van der Waals surface area contributed by atoms with Gasteiger partial charge < -0.3 is 9.64 Å². The van der Waals surface area contributed by atoms with Crippen LogP contribution < -0.4 is 4.90 Å². The van der Waals surface area contributed by atoms with E-state index in [9.17, 15) is 18.0 Å². The molecule has 0 spiro atoms. The number of rotatable bonds is 3. The summed E-state index contributed by atoms with van der Waals surface area (Å²) in [6.45, 7) is 4.45. The first-order chi connectivity index (χ1) is 12.3. The molecular weight excluding hydrogens is 369 g/mol. The SMILES string of the molecule is CCN(CC)C1=N[C@@](C(=O)OC)(C(F)(F)F)N=C2Sc3ccccc3N21. The zero-order chi connectivity index (χ0) is 19.1. The van der Waals surface area contributed by atoms with Crippen molar-refractivity contribution in [2.75, 3.05) is 25.1 Å². The van der Waals surface area contributed by atoms with Crippen molar-refractivity contribution in [2.24, 2.45) is 9.98 Å². The number of carbonyl (C=O) groups is 1. The smallest absolute Gasteiger partial charge is 0.446 e. The molecule has 1 aromatic carbocycles. The van der Waals surface area contributed by atoms with Gasteiger partial charge in [-0.05, 0) is 37.7 Å². The lowest BCUT2D eigenvalue weighted by Gasteiger charge is -2.37. The lowest BCUT2D eigenvalue weighted by Crippen LogP contribution is -2.58. The largest absolute Gasteiger partial charge is 0.465 e. The number of thioether (sulfide) groups is 1. The van der Waals surface area contributed by atoms with Crippen LogP contribution in [0.1, 0.15) is 13.8 Å². The van der Waals surface area contributed by atoms with E-state index >= 15 is 0 Å². The van der Waals surface area contributed by atoms with Crippen molar-refractivity contribution in [3.8, 4) is 0 Å². The summed E-state index contributed by atoms with van der Waals surface area (Å²) in [6, 6.07) is 7.14. The van der Waals surface area contributed by atoms with E-state index in [2.05, 4.69) is 14.7 Å². The van der Waals surface area contributed by atoms with Crippen molar-refractivity contribution in [2.45, 2.75) is 30.6 Å². The number of para-hydroxylation sites is 1. The van der Waals surface area contributed by atoms with Gasteiger partial charge in [-0.25, -0.2) is 14.8 Å². The van der Waals surface area contributed by atoms with E-state index < -0.39 is 17.8 Å². The first-order valence-corrected chi connectivity index (χ1v) is 8.77. The third-order valence-corrected chi connectivity index (χ3v) is 5.15. The predicted octanol–water partition coefficient (Wildman–Crippen LogP) is 3.10. The lowest BCUT2D eigenvalue weighted by molar-refractivity contribution is -0.201. The van der Waals surface area contributed by atoms with Crippen molar-refractivity contribution in [3.05, 3.63) is 24.3 Å². The fourth-order valence-electron chi connectivity index (χ4n) is 2.79. The number of hydrogen-bond donors (Lipinski definition) is 0. The van der Waals surface area contributed by atoms with Crippen LogP contribution >= 0.6 is 11.8 Å². The molecule has 3 rings (SSSR count). The number of carbonyl (C=O) groups excluding carboxylic acids is 1. The summed E-state index contributed by atoms with van der Waals surface area (Å²) >= 11 is 1.07. The number of hydrogen-bond acceptors (Lipinski definition) is 7. The third kappa shape index (κ3) is 2.63. The zero-order valence-corrected chi connectivity index (χ0v) is 15.2. The Labute approximate surface area is 152 Å². The number of guanidine groups is 1. The number of methoxy groups -OCH3 is 1. The second kappa shape index (κ2) is 6.49. The molecule has 0 saturated carbocycles. The van der Waals surface area contributed by atoms with E-state index in [0.29, 0.717) is 18.8 Å². The Bertz CT molecular complexity index is 792. The Morgan fingerprint density at radius 1 is 1.27 bits per heavy atom. The molecular formula is C16H17F3N4O2S. The van der Waals surface area contributed by atoms with Gasteiger partial charge in [-0.15, -0.1) is 0 Å². The number of nitrogens with zero attached hydrogens (tertiary/aromatic N) is 4. The van der Waals surface area contributed by atoms with Gasteiger partial charge in [0.25, 0.3) is 0 Å². The maximum Gasteiger partial charge on any atom is 0.446 e. The maximum absolute atomic E-state index is 13.9. The summed E-state index contributed by atoms with van der Waals surface area (Å²) in [5.41, 5.74) is -2.62. The quantitative estimate of drug-likeness (QED) is 0.748. The number of benzene rings is 1. The van der Waals surface area contributed by atoms with Crippen LogP contribution in [0.5, 0.6) is 0 Å². The number of aliphatic imine (C=N–C) groups is 2. The maximum atomic E-state index is 13.9. The molecule has 0 bridgehead atoms. The minimum absolute atomic E-state index is 0.0279. The number of ether oxygens (including phenoxy) is 1. The van der Waals surface area contributed by atoms with Gasteiger partial charge in [-0.1, -0.05) is 12.1 Å². The average molecular weight is 386 g/mol. The van der Waals surface area contributed by atoms with E-state index in [1.807, 2.05) is 0 Å². The van der Waals surface area contributed by atoms with Crippen LogP contribution in [-0.2, 0) is 9.53 Å². The zero-order valence-electron chi connectivity index (χ0n) is 14.4. The first-order valence-electron chi connectivity index (χ1n) is 7.95. The van der Waals surface area contributed by atoms with Crippen molar-refractivity contribution in [1.82, 2.24) is 4.90 Å². The van der Waals surface area contributed by atoms with Crippen LogP contribution in [0.3, 0.4) is 0 Å². The molecule has 0 saturated heterocycles. The minimum atomic E-state index is -5.03. The van der Waals surface area contributed by atoms with Crippen LogP contribution in [0.15, 0.2) is 39.1 Å². The number of halogens is 3. The number of anilines is 1. The summed E-state index contributed by atoms with van der Waals surface area (Å²) in [5.74, 6) is -1.53. The van der Waals surface area contributed by atoms with E-state index in [1.165, 1.54) is 0 Å². The molecule has 0 amide bonds. The highest BCUT2D eigenvalue weighted by atomic mass is 32.2. The highest BCUT2D eigenvalue weighted by molar-refractivity contribution is 8.15. The van der Waals surface area contributed by atoms with Crippen LogP contribution in [0.25, 0.3) is 0 Å². The molecule has 140 valence electrons. The summed E-state index contributed by atoms with van der Waals surface area (Å²) in [4.78, 5) is 23.6. The molecule has 2 heterocycles. The standard InChI is InChI=1S/C16H17F3N4O2S/c1-4-22(5-2)13-20-15(12(24)25-3,16(17,18)19)21-14-23(13)10-8-6-7-9-11(10)26-14/h6-9H,4-5H2,1-3H3/t15-/m1/s1. The molecule has 0 aromatic heterocycles. The van der Waals surface area contributed by atoms with Crippen molar-refractivity contribution in [3.63, 3.8) is 0 Å². The van der Waals surface area contributed by atoms with Crippen molar-refractivity contribution < 1.29 is 22.7 Å². The summed E-state index contributed by atoms with van der Waals surface area (Å²) in [6.07, 6.45) is -5.03. The fraction of sp³-hybridized carbons (Fsp3) is 0.438. The number of esters is 1. The van der Waals surface area contributed by atoms with Gasteiger partial charge in [0.2, 0.25) is 5.96 Å². The Morgan fingerprint density at radius 3 is 2.50 bits per heavy atom. The molecule has 1 aromatic rings. The van der Waals surface area contributed by atoms with Gasteiger partial charge in [0.15, 0.2) is 5.17 Å². The second-order valence-corrected chi connectivity index (χ2v) is 6.55. The second-order valence-electron chi connectivity index (χ2n) is 5.55. The number of alkyl halides is 3. The summed E-state index contributed by atoms with van der Waals surface area (Å²) < 4.78 is 46.1. The number of amidine groups is 1. The van der Waals surface area contributed by atoms with Gasteiger partial charge in [-0.2, -0.15) is 13.2 Å².